The predicted octanol–water partition coefficient (Wildman–Crippen LogP) is 2.43. The van der Waals surface area contributed by atoms with E-state index in [0.29, 0.717) is 17.7 Å². The molecule has 0 radical (unpaired) electrons. The molecule has 6 nitrogen and oxygen atoms in total. The molecule has 1 N–H and O–H groups in total. The van der Waals surface area contributed by atoms with Crippen molar-refractivity contribution in [2.75, 3.05) is 19.0 Å². The Morgan fingerprint density at radius 2 is 2.25 bits per heavy atom. The van der Waals surface area contributed by atoms with E-state index in [2.05, 4.69) is 21.2 Å². The van der Waals surface area contributed by atoms with Gasteiger partial charge in [-0.15, -0.1) is 0 Å². The zero-order valence-electron chi connectivity index (χ0n) is 11.4. The fourth-order valence-corrected chi connectivity index (χ4v) is 2.36. The zero-order valence-corrected chi connectivity index (χ0v) is 13.0. The molecule has 0 spiro atoms. The first-order valence-electron chi connectivity index (χ1n) is 6.10. The topological polar surface area (TPSA) is 81.5 Å². The number of halogens is 1. The molecule has 20 heavy (non-hydrogen) atoms. The summed E-state index contributed by atoms with van der Waals surface area (Å²) in [5.74, 6) is -0.250. The molecule has 0 aliphatic heterocycles. The Balaban J connectivity index is 2.83. The molecule has 1 aromatic carbocycles. The highest BCUT2D eigenvalue weighted by Crippen LogP contribution is 2.17. The highest BCUT2D eigenvalue weighted by Gasteiger charge is 2.17. The van der Waals surface area contributed by atoms with Crippen LogP contribution in [-0.4, -0.2) is 35.9 Å². The number of nitro benzene ring substituents is 1. The second-order valence-corrected chi connectivity index (χ2v) is 5.15. The first-order valence-corrected chi connectivity index (χ1v) is 7.22. The normalized spacial score (nSPS) is 11.9. The van der Waals surface area contributed by atoms with Crippen molar-refractivity contribution >= 4 is 27.5 Å². The number of carbonyl (C=O) groups excluding carboxylic acids is 1. The number of amides is 1. The van der Waals surface area contributed by atoms with Crippen molar-refractivity contribution < 1.29 is 14.5 Å². The van der Waals surface area contributed by atoms with Gasteiger partial charge in [-0.2, -0.15) is 0 Å². The number of aryl methyl sites for hydroxylation is 1. The third-order valence-corrected chi connectivity index (χ3v) is 3.28. The summed E-state index contributed by atoms with van der Waals surface area (Å²) in [5, 5.41) is 14.3. The molecular weight excluding hydrogens is 328 g/mol. The standard InChI is InChI=1S/C13H17BrN2O4/c1-9-7-11(16(18)19)3-4-12(9)13(17)15-10(5-6-14)8-20-2/h3-4,7,10H,5-6,8H2,1-2H3,(H,15,17). The van der Waals surface area contributed by atoms with Crippen LogP contribution in [-0.2, 0) is 4.74 Å². The molecule has 1 amide bonds. The number of alkyl halides is 1. The number of hydrogen-bond acceptors (Lipinski definition) is 4. The number of nitrogens with zero attached hydrogens (tertiary/aromatic N) is 1. The van der Waals surface area contributed by atoms with Gasteiger partial charge >= 0.3 is 0 Å². The molecule has 0 bridgehead atoms. The maximum Gasteiger partial charge on any atom is 0.269 e. The van der Waals surface area contributed by atoms with Crippen molar-refractivity contribution in [1.82, 2.24) is 5.32 Å². The van der Waals surface area contributed by atoms with Crippen LogP contribution in [0.25, 0.3) is 0 Å². The number of rotatable bonds is 7. The molecule has 1 aromatic rings. The molecule has 0 fully saturated rings. The lowest BCUT2D eigenvalue weighted by atomic mass is 10.1. The van der Waals surface area contributed by atoms with Crippen LogP contribution in [0.2, 0.25) is 0 Å². The van der Waals surface area contributed by atoms with Crippen molar-refractivity contribution in [3.05, 3.63) is 39.4 Å². The average molecular weight is 345 g/mol. The maximum absolute atomic E-state index is 12.2. The van der Waals surface area contributed by atoms with E-state index >= 15 is 0 Å². The Bertz CT molecular complexity index is 487. The van der Waals surface area contributed by atoms with Crippen molar-refractivity contribution in [1.29, 1.82) is 0 Å². The monoisotopic (exact) mass is 344 g/mol. The Hall–Kier alpha value is -1.47. The lowest BCUT2D eigenvalue weighted by Gasteiger charge is -2.17. The fraction of sp³-hybridized carbons (Fsp3) is 0.462. The molecule has 1 rings (SSSR count). The third kappa shape index (κ3) is 4.57. The summed E-state index contributed by atoms with van der Waals surface area (Å²) in [7, 11) is 1.57. The summed E-state index contributed by atoms with van der Waals surface area (Å²) in [6.45, 7) is 2.10. The smallest absolute Gasteiger partial charge is 0.269 e. The molecular formula is C13H17BrN2O4. The zero-order chi connectivity index (χ0) is 15.1. The summed E-state index contributed by atoms with van der Waals surface area (Å²) in [4.78, 5) is 22.3. The van der Waals surface area contributed by atoms with Gasteiger partial charge in [-0.1, -0.05) is 15.9 Å². The van der Waals surface area contributed by atoms with Gasteiger partial charge in [0.05, 0.1) is 17.6 Å². The van der Waals surface area contributed by atoms with Gasteiger partial charge in [0.2, 0.25) is 0 Å². The summed E-state index contributed by atoms with van der Waals surface area (Å²) < 4.78 is 5.05. The van der Waals surface area contributed by atoms with E-state index < -0.39 is 4.92 Å². The van der Waals surface area contributed by atoms with Crippen LogP contribution in [0.5, 0.6) is 0 Å². The van der Waals surface area contributed by atoms with Gasteiger partial charge in [-0.3, -0.25) is 14.9 Å². The molecule has 0 aliphatic carbocycles. The molecule has 110 valence electrons. The van der Waals surface area contributed by atoms with Crippen LogP contribution in [0, 0.1) is 17.0 Å². The van der Waals surface area contributed by atoms with Crippen LogP contribution in [0.3, 0.4) is 0 Å². The van der Waals surface area contributed by atoms with Gasteiger partial charge in [0, 0.05) is 30.1 Å². The summed E-state index contributed by atoms with van der Waals surface area (Å²) in [5.41, 5.74) is 0.992. The number of benzene rings is 1. The summed E-state index contributed by atoms with van der Waals surface area (Å²) >= 11 is 3.32. The first kappa shape index (κ1) is 16.6. The molecule has 7 heteroatoms. The Labute approximate surface area is 125 Å². The second kappa shape index (κ2) is 7.96. The van der Waals surface area contributed by atoms with Crippen molar-refractivity contribution in [2.45, 2.75) is 19.4 Å². The molecule has 0 aliphatic rings. The largest absolute Gasteiger partial charge is 0.383 e. The minimum atomic E-state index is -0.479. The summed E-state index contributed by atoms with van der Waals surface area (Å²) in [6, 6.07) is 4.10. The highest BCUT2D eigenvalue weighted by atomic mass is 79.9. The van der Waals surface area contributed by atoms with Gasteiger partial charge in [0.1, 0.15) is 0 Å². The highest BCUT2D eigenvalue weighted by molar-refractivity contribution is 9.09. The first-order chi connectivity index (χ1) is 9.49. The molecule has 1 unspecified atom stereocenters. The van der Waals surface area contributed by atoms with E-state index in [-0.39, 0.29) is 17.6 Å². The lowest BCUT2D eigenvalue weighted by Crippen LogP contribution is -2.38. The minimum absolute atomic E-state index is 0.0204. The predicted molar refractivity (Wildman–Crippen MR) is 79.4 cm³/mol. The lowest BCUT2D eigenvalue weighted by molar-refractivity contribution is -0.384. The fourth-order valence-electron chi connectivity index (χ4n) is 1.81. The second-order valence-electron chi connectivity index (χ2n) is 4.36. The van der Waals surface area contributed by atoms with Gasteiger partial charge in [0.15, 0.2) is 0 Å². The van der Waals surface area contributed by atoms with E-state index in [1.54, 1.807) is 14.0 Å². The van der Waals surface area contributed by atoms with Crippen molar-refractivity contribution in [2.24, 2.45) is 0 Å². The minimum Gasteiger partial charge on any atom is -0.383 e. The van der Waals surface area contributed by atoms with Gasteiger partial charge < -0.3 is 10.1 Å². The van der Waals surface area contributed by atoms with E-state index in [9.17, 15) is 14.9 Å². The van der Waals surface area contributed by atoms with Crippen LogP contribution >= 0.6 is 15.9 Å². The molecule has 0 saturated heterocycles. The number of hydrogen-bond donors (Lipinski definition) is 1. The molecule has 0 saturated carbocycles. The number of carbonyl (C=O) groups is 1. The van der Waals surface area contributed by atoms with E-state index in [1.807, 2.05) is 0 Å². The number of nitrogens with one attached hydrogen (secondary N) is 1. The van der Waals surface area contributed by atoms with Gasteiger partial charge in [-0.05, 0) is 25.0 Å². The number of nitro groups is 1. The quantitative estimate of drug-likeness (QED) is 0.468. The Morgan fingerprint density at radius 1 is 1.55 bits per heavy atom. The maximum atomic E-state index is 12.2. The van der Waals surface area contributed by atoms with Crippen molar-refractivity contribution in [3.8, 4) is 0 Å². The van der Waals surface area contributed by atoms with Gasteiger partial charge in [0.25, 0.3) is 11.6 Å². The van der Waals surface area contributed by atoms with Gasteiger partial charge in [-0.25, -0.2) is 0 Å². The van der Waals surface area contributed by atoms with E-state index in [1.165, 1.54) is 18.2 Å². The number of methoxy groups -OCH3 is 1. The molecule has 0 heterocycles. The molecule has 0 aromatic heterocycles. The Kier molecular flexibility index (Phi) is 6.60. The van der Waals surface area contributed by atoms with Crippen LogP contribution in [0.4, 0.5) is 5.69 Å². The Morgan fingerprint density at radius 3 is 2.75 bits per heavy atom. The third-order valence-electron chi connectivity index (χ3n) is 2.83. The van der Waals surface area contributed by atoms with Crippen molar-refractivity contribution in [3.63, 3.8) is 0 Å². The van der Waals surface area contributed by atoms with E-state index in [0.717, 1.165) is 11.8 Å². The number of ether oxygens (including phenoxy) is 1. The van der Waals surface area contributed by atoms with Crippen LogP contribution < -0.4 is 5.32 Å². The van der Waals surface area contributed by atoms with Crippen LogP contribution in [0.1, 0.15) is 22.3 Å². The van der Waals surface area contributed by atoms with E-state index in [4.69, 9.17) is 4.74 Å². The SMILES string of the molecule is COCC(CCBr)NC(=O)c1ccc([N+](=O)[O-])cc1C. The van der Waals surface area contributed by atoms with Crippen LogP contribution in [0.15, 0.2) is 18.2 Å². The summed E-state index contributed by atoms with van der Waals surface area (Å²) in [6.07, 6.45) is 0.742. The average Bonchev–Trinajstić information content (AvgIpc) is 2.38. The number of non-ortho nitro benzene ring substituents is 1. The molecule has 1 atom stereocenters.